The largest absolute Gasteiger partial charge is 0.477 e. The molecule has 0 bridgehead atoms. The fourth-order valence-electron chi connectivity index (χ4n) is 3.22. The fraction of sp³-hybridized carbons (Fsp3) is 0.263. The van der Waals surface area contributed by atoms with Gasteiger partial charge in [0.1, 0.15) is 29.8 Å². The van der Waals surface area contributed by atoms with Crippen molar-refractivity contribution in [2.75, 3.05) is 11.5 Å². The number of β-lactam (4-membered cyclic amide) rings is 1. The van der Waals surface area contributed by atoms with Crippen LogP contribution in [-0.4, -0.2) is 65.8 Å². The van der Waals surface area contributed by atoms with E-state index in [1.54, 1.807) is 0 Å². The van der Waals surface area contributed by atoms with Crippen molar-refractivity contribution < 1.29 is 19.5 Å². The van der Waals surface area contributed by atoms with E-state index < -0.39 is 29.3 Å². The topological polar surface area (TPSA) is 137 Å². The number of carboxylic acid groups (broad SMARTS) is 1. The van der Waals surface area contributed by atoms with Crippen LogP contribution >= 0.6 is 23.5 Å². The third kappa shape index (κ3) is 4.64. The lowest BCUT2D eigenvalue weighted by atomic mass is 10.0. The maximum absolute atomic E-state index is 12.7. The van der Waals surface area contributed by atoms with E-state index in [1.165, 1.54) is 41.1 Å². The van der Waals surface area contributed by atoms with Crippen LogP contribution in [0.4, 0.5) is 4.79 Å². The van der Waals surface area contributed by atoms with Crippen LogP contribution in [0.2, 0.25) is 0 Å². The molecule has 0 radical (unpaired) electrons. The minimum atomic E-state index is -1.17. The third-order valence-electron chi connectivity index (χ3n) is 4.68. The summed E-state index contributed by atoms with van der Waals surface area (Å²) >= 11 is 2.70. The molecule has 1 saturated heterocycles. The van der Waals surface area contributed by atoms with E-state index in [2.05, 4.69) is 25.6 Å². The lowest BCUT2D eigenvalue weighted by Gasteiger charge is -2.49. The predicted octanol–water partition coefficient (Wildman–Crippen LogP) is 1.09. The maximum atomic E-state index is 12.7. The second kappa shape index (κ2) is 9.35. The van der Waals surface area contributed by atoms with Crippen molar-refractivity contribution in [1.29, 1.82) is 0 Å². The molecule has 10 nitrogen and oxygen atoms in total. The number of benzene rings is 1. The number of aliphatic carboxylic acids is 1. The monoisotopic (exact) mass is 458 g/mol. The summed E-state index contributed by atoms with van der Waals surface area (Å²) in [5.74, 6) is -0.841. The van der Waals surface area contributed by atoms with Crippen molar-refractivity contribution in [3.05, 3.63) is 59.8 Å². The van der Waals surface area contributed by atoms with Gasteiger partial charge in [0.25, 0.3) is 5.91 Å². The van der Waals surface area contributed by atoms with Gasteiger partial charge in [0.2, 0.25) is 0 Å². The van der Waals surface area contributed by atoms with Crippen LogP contribution in [-0.2, 0) is 16.1 Å². The molecular formula is C19H18N6O4S2. The number of hydrogen-bond acceptors (Lipinski definition) is 8. The Labute approximate surface area is 185 Å². The van der Waals surface area contributed by atoms with E-state index in [9.17, 15) is 19.5 Å². The van der Waals surface area contributed by atoms with Gasteiger partial charge in [-0.1, -0.05) is 42.1 Å². The summed E-state index contributed by atoms with van der Waals surface area (Å²) in [5, 5.41) is 15.1. The lowest BCUT2D eigenvalue weighted by Crippen LogP contribution is -2.71. The lowest BCUT2D eigenvalue weighted by molar-refractivity contribution is -0.148. The van der Waals surface area contributed by atoms with E-state index in [1.807, 2.05) is 30.3 Å². The van der Waals surface area contributed by atoms with Crippen molar-refractivity contribution in [1.82, 2.24) is 30.5 Å². The number of rotatable bonds is 7. The molecule has 12 heteroatoms. The highest BCUT2D eigenvalue weighted by molar-refractivity contribution is 8.01. The van der Waals surface area contributed by atoms with Crippen molar-refractivity contribution in [3.63, 3.8) is 0 Å². The molecule has 2 aliphatic rings. The molecule has 3 amide bonds. The van der Waals surface area contributed by atoms with Crippen LogP contribution in [0.1, 0.15) is 5.56 Å². The first-order valence-electron chi connectivity index (χ1n) is 9.27. The smallest absolute Gasteiger partial charge is 0.352 e. The highest BCUT2D eigenvalue weighted by atomic mass is 32.2. The number of fused-ring (bicyclic) bond motifs is 1. The number of nitrogens with one attached hydrogen (secondary N) is 2. The molecule has 0 aliphatic carbocycles. The van der Waals surface area contributed by atoms with E-state index in [-0.39, 0.29) is 5.70 Å². The highest BCUT2D eigenvalue weighted by Crippen LogP contribution is 2.41. The summed E-state index contributed by atoms with van der Waals surface area (Å²) in [6.45, 7) is 0.327. The van der Waals surface area contributed by atoms with E-state index in [0.29, 0.717) is 28.8 Å². The molecule has 2 atom stereocenters. The number of carboxylic acids is 1. The summed E-state index contributed by atoms with van der Waals surface area (Å²) in [4.78, 5) is 49.8. The Morgan fingerprint density at radius 2 is 1.97 bits per heavy atom. The molecule has 3 heterocycles. The first-order valence-corrected chi connectivity index (χ1v) is 11.3. The van der Waals surface area contributed by atoms with Gasteiger partial charge in [-0.2, -0.15) is 0 Å². The molecule has 1 unspecified atom stereocenters. The van der Waals surface area contributed by atoms with Crippen LogP contribution < -0.4 is 10.6 Å². The van der Waals surface area contributed by atoms with Gasteiger partial charge in [-0.3, -0.25) is 9.69 Å². The van der Waals surface area contributed by atoms with E-state index >= 15 is 0 Å². The van der Waals surface area contributed by atoms with Gasteiger partial charge in [0.15, 0.2) is 5.16 Å². The minimum Gasteiger partial charge on any atom is -0.477 e. The number of carbonyl (C=O) groups excluding carboxylic acids is 2. The quantitative estimate of drug-likeness (QED) is 0.411. The number of thioether (sulfide) groups is 2. The molecule has 1 aromatic carbocycles. The minimum absolute atomic E-state index is 0.0296. The Morgan fingerprint density at radius 3 is 2.68 bits per heavy atom. The van der Waals surface area contributed by atoms with E-state index in [0.717, 1.165) is 5.56 Å². The zero-order chi connectivity index (χ0) is 21.8. The zero-order valence-corrected chi connectivity index (χ0v) is 17.7. The van der Waals surface area contributed by atoms with Crippen LogP contribution in [0.3, 0.4) is 0 Å². The van der Waals surface area contributed by atoms with Gasteiger partial charge in [-0.05, 0) is 11.1 Å². The van der Waals surface area contributed by atoms with Gasteiger partial charge >= 0.3 is 12.0 Å². The Balaban J connectivity index is 1.38. The molecule has 0 saturated carbocycles. The first kappa shape index (κ1) is 21.1. The normalized spacial score (nSPS) is 20.0. The van der Waals surface area contributed by atoms with Crippen molar-refractivity contribution >= 4 is 41.4 Å². The van der Waals surface area contributed by atoms with Gasteiger partial charge < -0.3 is 15.7 Å². The summed E-state index contributed by atoms with van der Waals surface area (Å²) < 4.78 is 0. The molecule has 3 N–H and O–H groups in total. The number of hydrogen-bond donors (Lipinski definition) is 3. The first-order chi connectivity index (χ1) is 15.0. The van der Waals surface area contributed by atoms with Gasteiger partial charge in [0.05, 0.1) is 0 Å². The van der Waals surface area contributed by atoms with E-state index in [4.69, 9.17) is 0 Å². The number of carbonyl (C=O) groups is 3. The molecule has 2 aromatic rings. The van der Waals surface area contributed by atoms with Crippen molar-refractivity contribution in [2.24, 2.45) is 0 Å². The maximum Gasteiger partial charge on any atom is 0.352 e. The fourth-order valence-corrected chi connectivity index (χ4v) is 5.48. The Morgan fingerprint density at radius 1 is 1.23 bits per heavy atom. The average Bonchev–Trinajstić information content (AvgIpc) is 2.80. The summed E-state index contributed by atoms with van der Waals surface area (Å²) in [7, 11) is 0. The van der Waals surface area contributed by atoms with Crippen LogP contribution in [0, 0.1) is 0 Å². The molecule has 0 spiro atoms. The number of amides is 3. The van der Waals surface area contributed by atoms with Crippen LogP contribution in [0.25, 0.3) is 0 Å². The molecular weight excluding hydrogens is 440 g/mol. The standard InChI is InChI=1S/C19H18N6O4S2/c26-15-13(24-18(29)21-6-11-4-2-1-3-5-11)16-25(15)14(17(27)28)12(7-30-16)8-31-19-22-9-20-10-23-19/h1-5,9-10,13,16H,6-8H2,(H,27,28)(H2,21,24,29)/t13?,16-/m0/s1. The molecule has 1 aromatic heterocycles. The third-order valence-corrected chi connectivity index (χ3v) is 6.98. The van der Waals surface area contributed by atoms with Gasteiger partial charge in [-0.15, -0.1) is 11.8 Å². The number of aromatic nitrogens is 3. The Hall–Kier alpha value is -3.12. The Bertz CT molecular complexity index is 1020. The average molecular weight is 459 g/mol. The number of nitrogens with zero attached hydrogens (tertiary/aromatic N) is 4. The molecule has 4 rings (SSSR count). The highest BCUT2D eigenvalue weighted by Gasteiger charge is 2.54. The molecule has 31 heavy (non-hydrogen) atoms. The summed E-state index contributed by atoms with van der Waals surface area (Å²) in [6.07, 6.45) is 2.73. The van der Waals surface area contributed by atoms with Gasteiger partial charge in [-0.25, -0.2) is 24.5 Å². The molecule has 2 aliphatic heterocycles. The summed E-state index contributed by atoms with van der Waals surface area (Å²) in [6, 6.07) is 8.15. The zero-order valence-electron chi connectivity index (χ0n) is 16.1. The summed E-state index contributed by atoms with van der Waals surface area (Å²) in [5.41, 5.74) is 1.51. The molecule has 1 fully saturated rings. The van der Waals surface area contributed by atoms with Crippen molar-refractivity contribution in [3.8, 4) is 0 Å². The molecule has 160 valence electrons. The second-order valence-electron chi connectivity index (χ2n) is 6.67. The van der Waals surface area contributed by atoms with Gasteiger partial charge in [0, 0.05) is 18.1 Å². The van der Waals surface area contributed by atoms with Crippen LogP contribution in [0.5, 0.6) is 0 Å². The van der Waals surface area contributed by atoms with Crippen molar-refractivity contribution in [2.45, 2.75) is 23.1 Å². The Kier molecular flexibility index (Phi) is 6.37. The second-order valence-corrected chi connectivity index (χ2v) is 8.71. The SMILES string of the molecule is O=C(NCc1ccccc1)NC1C(=O)N2C(C(=O)O)=C(CSc3ncncn3)CS[C@@H]12. The number of urea groups is 1. The predicted molar refractivity (Wildman–Crippen MR) is 114 cm³/mol. The van der Waals surface area contributed by atoms with Crippen LogP contribution in [0.15, 0.2) is 59.4 Å².